The average molecular weight is 885 g/mol. The molecule has 17 nitrogen and oxygen atoms in total. The lowest BCUT2D eigenvalue weighted by Crippen LogP contribution is -2.65. The van der Waals surface area contributed by atoms with E-state index in [0.29, 0.717) is 19.3 Å². The van der Waals surface area contributed by atoms with Crippen LogP contribution in [0.25, 0.3) is 0 Å². The zero-order valence-corrected chi connectivity index (χ0v) is 38.9. The molecule has 17 heteroatoms. The van der Waals surface area contributed by atoms with Gasteiger partial charge in [0.25, 0.3) is 0 Å². The molecule has 19 atom stereocenters. The van der Waals surface area contributed by atoms with Gasteiger partial charge in [0.15, 0.2) is 18.9 Å². The normalized spacial score (nSPS) is 44.0. The van der Waals surface area contributed by atoms with Crippen molar-refractivity contribution in [2.24, 2.45) is 11.8 Å². The molecule has 0 aromatic rings. The Kier molecular flexibility index (Phi) is 20.0. The van der Waals surface area contributed by atoms with Crippen LogP contribution in [0.3, 0.4) is 0 Å². The van der Waals surface area contributed by atoms with Gasteiger partial charge in [-0.1, -0.05) is 31.2 Å². The van der Waals surface area contributed by atoms with Gasteiger partial charge in [-0.25, -0.2) is 0 Å². The predicted molar refractivity (Wildman–Crippen MR) is 226 cm³/mol. The maximum atomic E-state index is 13.4. The molecule has 356 valence electrons. The van der Waals surface area contributed by atoms with E-state index in [2.05, 4.69) is 4.90 Å². The summed E-state index contributed by atoms with van der Waals surface area (Å²) >= 11 is 0. The second-order valence-electron chi connectivity index (χ2n) is 18.4. The minimum absolute atomic E-state index is 0.0293. The number of likely N-dealkylation sites (N-methyl/N-ethyl adjacent to an activating group) is 2. The van der Waals surface area contributed by atoms with Gasteiger partial charge in [0.2, 0.25) is 0 Å². The van der Waals surface area contributed by atoms with Gasteiger partial charge in [-0.2, -0.15) is 0 Å². The number of carbonyl (C=O) groups excluding carboxylic acids is 3. The van der Waals surface area contributed by atoms with Gasteiger partial charge in [0, 0.05) is 39.3 Å². The van der Waals surface area contributed by atoms with Crippen LogP contribution in [0.15, 0.2) is 24.3 Å². The lowest BCUT2D eigenvalue weighted by molar-refractivity contribution is -0.344. The monoisotopic (exact) mass is 885 g/mol. The van der Waals surface area contributed by atoms with Crippen LogP contribution in [0.2, 0.25) is 0 Å². The fourth-order valence-electron chi connectivity index (χ4n) is 9.40. The Morgan fingerprint density at radius 3 is 2.19 bits per heavy atom. The number of carbonyl (C=O) groups is 3. The van der Waals surface area contributed by atoms with Crippen molar-refractivity contribution in [3.05, 3.63) is 24.3 Å². The quantitative estimate of drug-likeness (QED) is 0.191. The van der Waals surface area contributed by atoms with Crippen LogP contribution >= 0.6 is 0 Å². The first kappa shape index (κ1) is 52.2. The molecule has 0 saturated carbocycles. The number of hydrogen-bond acceptors (Lipinski definition) is 17. The SMILES string of the molecule is CO[C@H]1C(OC(C)=O)CC(=O)O[C@H](C)C/C=C/C=C\C(O[C@H]2CC[C@H](N(C)C)[C@@H](C)O2)[C@H](C)CC(CC=O)[C@@H]1O[C@@H]1O[C@H](C)[C@@H](O[C@H]2C[C@@](C)(O)[C@@H](O)[C@H](C)O2)[C@H](N(C)C)[C@H]1O. The summed E-state index contributed by atoms with van der Waals surface area (Å²) in [6.45, 7) is 12.0. The van der Waals surface area contributed by atoms with Crippen molar-refractivity contribution in [3.63, 3.8) is 0 Å². The Bertz CT molecular complexity index is 1480. The molecule has 62 heavy (non-hydrogen) atoms. The summed E-state index contributed by atoms with van der Waals surface area (Å²) in [5.74, 6) is -2.21. The second-order valence-corrected chi connectivity index (χ2v) is 18.4. The summed E-state index contributed by atoms with van der Waals surface area (Å²) in [7, 11) is 9.02. The number of aliphatic hydroxyl groups is 3. The van der Waals surface area contributed by atoms with E-state index in [-0.39, 0.29) is 37.3 Å². The van der Waals surface area contributed by atoms with Crippen molar-refractivity contribution in [1.29, 1.82) is 0 Å². The molecule has 0 aliphatic carbocycles. The topological polar surface area (TPSA) is 201 Å². The molecule has 0 radical (unpaired) electrons. The Labute approximate surface area is 368 Å². The first-order valence-electron chi connectivity index (χ1n) is 22.2. The van der Waals surface area contributed by atoms with Gasteiger partial charge in [-0.05, 0) is 93.9 Å². The molecule has 3 fully saturated rings. The Balaban J connectivity index is 1.73. The highest BCUT2D eigenvalue weighted by Crippen LogP contribution is 2.38. The number of rotatable bonds is 12. The average Bonchev–Trinajstić information content (AvgIpc) is 3.16. The number of methoxy groups -OCH3 is 1. The number of cyclic esters (lactones) is 1. The molecule has 0 amide bonds. The smallest absolute Gasteiger partial charge is 0.309 e. The molecule has 3 saturated heterocycles. The maximum Gasteiger partial charge on any atom is 0.309 e. The molecule has 0 bridgehead atoms. The van der Waals surface area contributed by atoms with E-state index in [4.69, 9.17) is 42.6 Å². The molecule has 0 aromatic heterocycles. The summed E-state index contributed by atoms with van der Waals surface area (Å²) in [5.41, 5.74) is -1.49. The van der Waals surface area contributed by atoms with Crippen molar-refractivity contribution in [2.75, 3.05) is 35.3 Å². The second kappa shape index (κ2) is 23.7. The van der Waals surface area contributed by atoms with Crippen LogP contribution in [0.5, 0.6) is 0 Å². The van der Waals surface area contributed by atoms with Crippen molar-refractivity contribution in [1.82, 2.24) is 9.80 Å². The molecular weight excluding hydrogens is 808 g/mol. The summed E-state index contributed by atoms with van der Waals surface area (Å²) < 4.78 is 56.3. The summed E-state index contributed by atoms with van der Waals surface area (Å²) in [5, 5.41) is 33.6. The third-order valence-electron chi connectivity index (χ3n) is 12.7. The molecule has 0 aromatic carbocycles. The Morgan fingerprint density at radius 2 is 1.60 bits per heavy atom. The van der Waals surface area contributed by atoms with Crippen LogP contribution in [-0.4, -0.2) is 182 Å². The van der Waals surface area contributed by atoms with E-state index in [1.165, 1.54) is 21.0 Å². The first-order valence-corrected chi connectivity index (χ1v) is 22.2. The lowest BCUT2D eigenvalue weighted by Gasteiger charge is -2.50. The lowest BCUT2D eigenvalue weighted by atomic mass is 9.82. The van der Waals surface area contributed by atoms with Crippen LogP contribution in [0, 0.1) is 11.8 Å². The van der Waals surface area contributed by atoms with Crippen molar-refractivity contribution in [2.45, 2.75) is 197 Å². The highest BCUT2D eigenvalue weighted by Gasteiger charge is 2.52. The number of aliphatic hydroxyl groups excluding tert-OH is 2. The van der Waals surface area contributed by atoms with E-state index in [9.17, 15) is 29.7 Å². The molecular formula is C45H76N2O15. The summed E-state index contributed by atoms with van der Waals surface area (Å²) in [4.78, 5) is 42.7. The summed E-state index contributed by atoms with van der Waals surface area (Å²) in [6, 6.07) is -0.509. The number of esters is 2. The molecule has 0 spiro atoms. The van der Waals surface area contributed by atoms with Crippen LogP contribution in [0.4, 0.5) is 0 Å². The fourth-order valence-corrected chi connectivity index (χ4v) is 9.40. The molecule has 4 heterocycles. The molecule has 3 unspecified atom stereocenters. The third-order valence-corrected chi connectivity index (χ3v) is 12.7. The van der Waals surface area contributed by atoms with Gasteiger partial charge < -0.3 is 72.5 Å². The first-order chi connectivity index (χ1) is 29.2. The van der Waals surface area contributed by atoms with E-state index in [1.54, 1.807) is 39.8 Å². The number of ether oxygens (including phenoxy) is 9. The highest BCUT2D eigenvalue weighted by atomic mass is 16.7. The number of aldehydes is 1. The van der Waals surface area contributed by atoms with Crippen LogP contribution in [0.1, 0.15) is 93.4 Å². The van der Waals surface area contributed by atoms with Crippen LogP contribution in [-0.2, 0) is 57.0 Å². The Hall–Kier alpha value is -2.39. The molecule has 4 aliphatic rings. The van der Waals surface area contributed by atoms with Gasteiger partial charge in [-0.3, -0.25) is 9.59 Å². The minimum atomic E-state index is -1.49. The van der Waals surface area contributed by atoms with Gasteiger partial charge >= 0.3 is 11.9 Å². The van der Waals surface area contributed by atoms with Gasteiger partial charge in [0.05, 0.1) is 48.6 Å². The van der Waals surface area contributed by atoms with E-state index in [0.717, 1.165) is 12.7 Å². The maximum absolute atomic E-state index is 13.4. The molecule has 4 aliphatic heterocycles. The predicted octanol–water partition coefficient (Wildman–Crippen LogP) is 2.90. The van der Waals surface area contributed by atoms with Gasteiger partial charge in [-0.15, -0.1) is 0 Å². The van der Waals surface area contributed by atoms with E-state index in [1.807, 2.05) is 52.2 Å². The van der Waals surface area contributed by atoms with Gasteiger partial charge in [0.1, 0.15) is 42.9 Å². The summed E-state index contributed by atoms with van der Waals surface area (Å²) in [6.07, 6.45) is -1.81. The Morgan fingerprint density at radius 1 is 0.903 bits per heavy atom. The largest absolute Gasteiger partial charge is 0.462 e. The third kappa shape index (κ3) is 14.1. The standard InChI is InChI=1S/C45H76N2O15/c1-25-22-31(20-21-48)41(62-44-39(51)38(47(10)11)40(28(4)58-44)61-37-24-45(7,53)43(52)29(5)57-37)42(54-12)34(59-30(6)49)23-35(50)55-26(2)16-14-13-15-17-33(25)60-36-19-18-32(46(8)9)27(3)56-36/h13-15,17,21,25-29,31-34,36-44,51-53H,16,18-20,22-24H2,1-12H3/b14-13+,17-15-/t25-,26-,27-,28-,29+,31?,32+,33?,34?,36+,37+,38-,39-,40-,41+,42+,43+,44+,45-/m1/s1. The van der Waals surface area contributed by atoms with Crippen molar-refractivity contribution >= 4 is 18.2 Å². The number of allylic oxidation sites excluding steroid dienone is 2. The zero-order valence-electron chi connectivity index (χ0n) is 38.9. The fraction of sp³-hybridized carbons (Fsp3) is 0.844. The molecule has 4 rings (SSSR count). The zero-order chi connectivity index (χ0) is 46.1. The number of hydrogen-bond donors (Lipinski definition) is 3. The van der Waals surface area contributed by atoms with E-state index < -0.39 is 109 Å². The highest BCUT2D eigenvalue weighted by molar-refractivity contribution is 5.72. The van der Waals surface area contributed by atoms with Crippen molar-refractivity contribution < 1.29 is 72.3 Å². The minimum Gasteiger partial charge on any atom is -0.462 e. The molecule has 3 N–H and O–H groups in total. The number of nitrogens with zero attached hydrogens (tertiary/aromatic N) is 2. The van der Waals surface area contributed by atoms with E-state index >= 15 is 0 Å². The van der Waals surface area contributed by atoms with Crippen LogP contribution < -0.4 is 0 Å². The van der Waals surface area contributed by atoms with Crippen molar-refractivity contribution in [3.8, 4) is 0 Å².